The Kier molecular flexibility index (Phi) is 6.26. The van der Waals surface area contributed by atoms with E-state index in [1.54, 1.807) is 18.2 Å². The van der Waals surface area contributed by atoms with Crippen LogP contribution in [0, 0.1) is 12.7 Å². The fourth-order valence-electron chi connectivity index (χ4n) is 2.68. The molecule has 1 aliphatic rings. The number of hydrogen-bond acceptors (Lipinski definition) is 4. The van der Waals surface area contributed by atoms with Crippen LogP contribution in [0.15, 0.2) is 66.2 Å². The van der Waals surface area contributed by atoms with Gasteiger partial charge in [-0.2, -0.15) is 0 Å². The van der Waals surface area contributed by atoms with E-state index in [2.05, 4.69) is 16.9 Å². The van der Waals surface area contributed by atoms with E-state index in [4.69, 9.17) is 0 Å². The third-order valence-corrected chi connectivity index (χ3v) is 5.28. The van der Waals surface area contributed by atoms with Gasteiger partial charge >= 0.3 is 0 Å². The number of carbonyl (C=O) groups is 2. The summed E-state index contributed by atoms with van der Waals surface area (Å²) in [6, 6.07) is 13.5. The number of amides is 2. The quantitative estimate of drug-likeness (QED) is 0.740. The third-order valence-electron chi connectivity index (χ3n) is 4.11. The lowest BCUT2D eigenvalue weighted by Crippen LogP contribution is -2.33. The molecule has 1 fully saturated rings. The molecule has 7 heteroatoms. The Bertz CT molecular complexity index is 928. The van der Waals surface area contributed by atoms with Crippen molar-refractivity contribution in [2.24, 2.45) is 4.99 Å². The predicted octanol–water partition coefficient (Wildman–Crippen LogP) is 4.28. The van der Waals surface area contributed by atoms with Gasteiger partial charge in [0.25, 0.3) is 0 Å². The summed E-state index contributed by atoms with van der Waals surface area (Å²) in [5.41, 5.74) is 1.94. The monoisotopic (exact) mass is 397 g/mol. The lowest BCUT2D eigenvalue weighted by Gasteiger charge is -2.13. The Hall–Kier alpha value is -2.93. The van der Waals surface area contributed by atoms with E-state index in [-0.39, 0.29) is 18.0 Å². The number of rotatable bonds is 6. The van der Waals surface area contributed by atoms with Crippen LogP contribution in [-0.4, -0.2) is 33.7 Å². The van der Waals surface area contributed by atoms with E-state index in [1.807, 2.05) is 31.2 Å². The van der Waals surface area contributed by atoms with E-state index < -0.39 is 17.0 Å². The van der Waals surface area contributed by atoms with Crippen LogP contribution in [0.5, 0.6) is 0 Å². The first-order valence-corrected chi connectivity index (χ1v) is 9.64. The van der Waals surface area contributed by atoms with Gasteiger partial charge in [-0.25, -0.2) is 9.38 Å². The Labute approximate surface area is 167 Å². The first-order chi connectivity index (χ1) is 13.5. The van der Waals surface area contributed by atoms with Gasteiger partial charge in [-0.3, -0.25) is 14.5 Å². The number of halogens is 1. The van der Waals surface area contributed by atoms with Gasteiger partial charge in [0, 0.05) is 13.0 Å². The normalized spacial score (nSPS) is 17.8. The molecule has 5 nitrogen and oxygen atoms in total. The number of thioether (sulfide) groups is 1. The highest BCUT2D eigenvalue weighted by molar-refractivity contribution is 8.15. The van der Waals surface area contributed by atoms with Gasteiger partial charge in [0.15, 0.2) is 5.17 Å². The van der Waals surface area contributed by atoms with Crippen molar-refractivity contribution in [1.82, 2.24) is 4.90 Å². The van der Waals surface area contributed by atoms with Crippen LogP contribution in [0.3, 0.4) is 0 Å². The highest BCUT2D eigenvalue weighted by atomic mass is 32.2. The van der Waals surface area contributed by atoms with Gasteiger partial charge in [0.05, 0.1) is 11.4 Å². The zero-order valence-corrected chi connectivity index (χ0v) is 16.2. The zero-order valence-electron chi connectivity index (χ0n) is 15.4. The highest BCUT2D eigenvalue weighted by Crippen LogP contribution is 2.32. The maximum atomic E-state index is 13.7. The standard InChI is InChI=1S/C21H20FN3O2S/c1-3-12-25-20(27)18(13-19(26)24-17-7-5-4-6-16(17)22)28-21(25)23-15-10-8-14(2)9-11-15/h3-11,18H,1,12-13H2,2H3,(H,24,26)/t18-/m1/s1. The van der Waals surface area contributed by atoms with Crippen molar-refractivity contribution < 1.29 is 14.0 Å². The summed E-state index contributed by atoms with van der Waals surface area (Å²) in [5, 5.41) is 2.43. The van der Waals surface area contributed by atoms with E-state index in [9.17, 15) is 14.0 Å². The number of benzene rings is 2. The number of para-hydroxylation sites is 1. The van der Waals surface area contributed by atoms with Crippen LogP contribution in [0.25, 0.3) is 0 Å². The topological polar surface area (TPSA) is 61.8 Å². The van der Waals surface area contributed by atoms with Crippen molar-refractivity contribution in [3.05, 3.63) is 72.6 Å². The molecule has 2 aromatic rings. The van der Waals surface area contributed by atoms with Crippen molar-refractivity contribution in [1.29, 1.82) is 0 Å². The molecule has 0 spiro atoms. The van der Waals surface area contributed by atoms with Crippen LogP contribution in [-0.2, 0) is 9.59 Å². The molecule has 3 rings (SSSR count). The van der Waals surface area contributed by atoms with Gasteiger partial charge < -0.3 is 5.32 Å². The van der Waals surface area contributed by atoms with E-state index in [1.165, 1.54) is 28.8 Å². The number of anilines is 1. The molecule has 2 amide bonds. The Morgan fingerprint density at radius 2 is 2.00 bits per heavy atom. The Morgan fingerprint density at radius 1 is 1.29 bits per heavy atom. The lowest BCUT2D eigenvalue weighted by molar-refractivity contribution is -0.127. The maximum Gasteiger partial charge on any atom is 0.242 e. The summed E-state index contributed by atoms with van der Waals surface area (Å²) in [6.07, 6.45) is 1.54. The van der Waals surface area contributed by atoms with Crippen molar-refractivity contribution in [3.63, 3.8) is 0 Å². The van der Waals surface area contributed by atoms with Gasteiger partial charge in [-0.1, -0.05) is 47.7 Å². The molecule has 0 unspecified atom stereocenters. The molecule has 2 aromatic carbocycles. The predicted molar refractivity (Wildman–Crippen MR) is 111 cm³/mol. The third kappa shape index (κ3) is 4.67. The Morgan fingerprint density at radius 3 is 2.68 bits per heavy atom. The van der Waals surface area contributed by atoms with Crippen molar-refractivity contribution in [3.8, 4) is 0 Å². The fourth-order valence-corrected chi connectivity index (χ4v) is 3.85. The fraction of sp³-hybridized carbons (Fsp3) is 0.190. The van der Waals surface area contributed by atoms with Crippen LogP contribution < -0.4 is 5.32 Å². The summed E-state index contributed by atoms with van der Waals surface area (Å²) in [7, 11) is 0. The molecular formula is C21H20FN3O2S. The summed E-state index contributed by atoms with van der Waals surface area (Å²) < 4.78 is 13.7. The molecule has 28 heavy (non-hydrogen) atoms. The highest BCUT2D eigenvalue weighted by Gasteiger charge is 2.38. The zero-order chi connectivity index (χ0) is 20.1. The van der Waals surface area contributed by atoms with Crippen LogP contribution in [0.4, 0.5) is 15.8 Å². The number of carbonyl (C=O) groups excluding carboxylic acids is 2. The van der Waals surface area contributed by atoms with Gasteiger partial charge in [-0.15, -0.1) is 6.58 Å². The summed E-state index contributed by atoms with van der Waals surface area (Å²) in [4.78, 5) is 31.1. The molecule has 0 bridgehead atoms. The molecule has 1 heterocycles. The number of amidine groups is 1. The number of nitrogens with zero attached hydrogens (tertiary/aromatic N) is 2. The molecule has 1 aliphatic heterocycles. The minimum Gasteiger partial charge on any atom is -0.324 e. The lowest BCUT2D eigenvalue weighted by atomic mass is 10.2. The molecule has 1 N–H and O–H groups in total. The van der Waals surface area contributed by atoms with Crippen molar-refractivity contribution in [2.75, 3.05) is 11.9 Å². The first-order valence-electron chi connectivity index (χ1n) is 8.76. The van der Waals surface area contributed by atoms with Crippen molar-refractivity contribution >= 4 is 40.1 Å². The molecule has 1 saturated heterocycles. The minimum atomic E-state index is -0.615. The van der Waals surface area contributed by atoms with E-state index in [0.717, 1.165) is 11.3 Å². The first kappa shape index (κ1) is 19.8. The second-order valence-electron chi connectivity index (χ2n) is 6.31. The molecular weight excluding hydrogens is 377 g/mol. The second kappa shape index (κ2) is 8.84. The van der Waals surface area contributed by atoms with Gasteiger partial charge in [0.2, 0.25) is 11.8 Å². The van der Waals surface area contributed by atoms with Crippen LogP contribution in [0.2, 0.25) is 0 Å². The number of nitrogens with one attached hydrogen (secondary N) is 1. The smallest absolute Gasteiger partial charge is 0.242 e. The van der Waals surface area contributed by atoms with Gasteiger partial charge in [-0.05, 0) is 31.2 Å². The van der Waals surface area contributed by atoms with Crippen LogP contribution in [0.1, 0.15) is 12.0 Å². The molecule has 0 saturated carbocycles. The van der Waals surface area contributed by atoms with Gasteiger partial charge in [0.1, 0.15) is 11.1 Å². The second-order valence-corrected chi connectivity index (χ2v) is 7.48. The number of aryl methyl sites for hydroxylation is 1. The molecule has 0 aromatic heterocycles. The summed E-state index contributed by atoms with van der Waals surface area (Å²) in [6.45, 7) is 5.98. The molecule has 1 atom stereocenters. The maximum absolute atomic E-state index is 13.7. The minimum absolute atomic E-state index is 0.0710. The van der Waals surface area contributed by atoms with E-state index >= 15 is 0 Å². The average molecular weight is 397 g/mol. The SMILES string of the molecule is C=CCN1C(=O)[C@@H](CC(=O)Nc2ccccc2F)SC1=Nc1ccc(C)cc1. The molecule has 144 valence electrons. The summed E-state index contributed by atoms with van der Waals surface area (Å²) >= 11 is 1.23. The molecule has 0 radical (unpaired) electrons. The van der Waals surface area contributed by atoms with E-state index in [0.29, 0.717) is 11.7 Å². The Balaban J connectivity index is 1.74. The molecule has 0 aliphatic carbocycles. The number of hydrogen-bond donors (Lipinski definition) is 1. The number of aliphatic imine (C=N–C) groups is 1. The average Bonchev–Trinajstić information content (AvgIpc) is 2.94. The van der Waals surface area contributed by atoms with Crippen molar-refractivity contribution in [2.45, 2.75) is 18.6 Å². The van der Waals surface area contributed by atoms with Crippen LogP contribution >= 0.6 is 11.8 Å². The largest absolute Gasteiger partial charge is 0.324 e. The summed E-state index contributed by atoms with van der Waals surface area (Å²) in [5.74, 6) is -1.15.